The minimum atomic E-state index is -0.251. The maximum atomic E-state index is 11.4. The van der Waals surface area contributed by atoms with Crippen molar-refractivity contribution in [1.82, 2.24) is 15.3 Å². The van der Waals surface area contributed by atoms with Gasteiger partial charge in [-0.2, -0.15) is 0 Å². The number of carbonyl (C=O) groups excluding carboxylic acids is 1. The number of hydrogen-bond acceptors (Lipinski definition) is 4. The van der Waals surface area contributed by atoms with E-state index in [-0.39, 0.29) is 5.91 Å². The highest BCUT2D eigenvalue weighted by molar-refractivity contribution is 5.91. The number of rotatable bonds is 3. The second-order valence-electron chi connectivity index (χ2n) is 2.86. The van der Waals surface area contributed by atoms with Gasteiger partial charge in [0.05, 0.1) is 18.5 Å². The van der Waals surface area contributed by atoms with Gasteiger partial charge < -0.3 is 9.73 Å². The first-order valence-corrected chi connectivity index (χ1v) is 4.43. The Morgan fingerprint density at radius 3 is 3.07 bits per heavy atom. The molecule has 5 heteroatoms. The fourth-order valence-corrected chi connectivity index (χ4v) is 1.09. The summed E-state index contributed by atoms with van der Waals surface area (Å²) in [7, 11) is 0. The molecule has 2 rings (SSSR count). The monoisotopic (exact) mass is 203 g/mol. The third kappa shape index (κ3) is 2.40. The zero-order valence-corrected chi connectivity index (χ0v) is 7.88. The largest absolute Gasteiger partial charge is 0.459 e. The van der Waals surface area contributed by atoms with Crippen molar-refractivity contribution in [1.29, 1.82) is 0 Å². The van der Waals surface area contributed by atoms with Crippen LogP contribution in [0.15, 0.2) is 41.4 Å². The zero-order valence-electron chi connectivity index (χ0n) is 7.88. The quantitative estimate of drug-likeness (QED) is 0.808. The molecule has 0 unspecified atom stereocenters. The van der Waals surface area contributed by atoms with E-state index in [9.17, 15) is 4.79 Å². The predicted octanol–water partition coefficient (Wildman–Crippen LogP) is 1.000. The van der Waals surface area contributed by atoms with Crippen LogP contribution in [0, 0.1) is 0 Å². The minimum absolute atomic E-state index is 0.251. The summed E-state index contributed by atoms with van der Waals surface area (Å²) in [6.45, 7) is 0.363. The van der Waals surface area contributed by atoms with Gasteiger partial charge in [-0.25, -0.2) is 9.97 Å². The minimum Gasteiger partial charge on any atom is -0.459 e. The van der Waals surface area contributed by atoms with Gasteiger partial charge in [0.25, 0.3) is 5.91 Å². The number of furan rings is 1. The first kappa shape index (κ1) is 9.39. The number of nitrogens with one attached hydrogen (secondary N) is 1. The molecule has 0 aliphatic rings. The topological polar surface area (TPSA) is 68.0 Å². The van der Waals surface area contributed by atoms with E-state index in [1.54, 1.807) is 24.4 Å². The number of aromatic nitrogens is 2. The molecule has 0 aliphatic heterocycles. The molecule has 0 aromatic carbocycles. The van der Waals surface area contributed by atoms with E-state index in [1.807, 2.05) is 0 Å². The summed E-state index contributed by atoms with van der Waals surface area (Å²) in [4.78, 5) is 19.2. The fraction of sp³-hybridized carbons (Fsp3) is 0.100. The van der Waals surface area contributed by atoms with Crippen molar-refractivity contribution in [3.63, 3.8) is 0 Å². The van der Waals surface area contributed by atoms with E-state index >= 15 is 0 Å². The van der Waals surface area contributed by atoms with Crippen LogP contribution < -0.4 is 5.32 Å². The van der Waals surface area contributed by atoms with Crippen LogP contribution in [0.1, 0.15) is 16.2 Å². The van der Waals surface area contributed by atoms with Crippen LogP contribution >= 0.6 is 0 Å². The van der Waals surface area contributed by atoms with Crippen LogP contribution in [-0.2, 0) is 6.54 Å². The molecule has 5 nitrogen and oxygen atoms in total. The second kappa shape index (κ2) is 4.36. The van der Waals surface area contributed by atoms with E-state index in [0.29, 0.717) is 12.3 Å². The molecule has 0 saturated heterocycles. The Bertz CT molecular complexity index is 425. The van der Waals surface area contributed by atoms with Gasteiger partial charge in [0.1, 0.15) is 6.33 Å². The maximum Gasteiger partial charge on any atom is 0.287 e. The van der Waals surface area contributed by atoms with Crippen molar-refractivity contribution in [3.05, 3.63) is 48.4 Å². The molecule has 15 heavy (non-hydrogen) atoms. The number of hydrogen-bond donors (Lipinski definition) is 1. The van der Waals surface area contributed by atoms with Crippen LogP contribution in [0.25, 0.3) is 0 Å². The lowest BCUT2D eigenvalue weighted by Gasteiger charge is -2.01. The van der Waals surface area contributed by atoms with Gasteiger partial charge in [-0.1, -0.05) is 0 Å². The lowest BCUT2D eigenvalue weighted by molar-refractivity contribution is 0.0922. The fourth-order valence-electron chi connectivity index (χ4n) is 1.09. The lowest BCUT2D eigenvalue weighted by atomic mass is 10.3. The van der Waals surface area contributed by atoms with E-state index < -0.39 is 0 Å². The van der Waals surface area contributed by atoms with Crippen molar-refractivity contribution in [2.45, 2.75) is 6.54 Å². The van der Waals surface area contributed by atoms with Crippen LogP contribution in [0.4, 0.5) is 0 Å². The Morgan fingerprint density at radius 2 is 2.40 bits per heavy atom. The van der Waals surface area contributed by atoms with E-state index in [4.69, 9.17) is 4.42 Å². The van der Waals surface area contributed by atoms with E-state index in [1.165, 1.54) is 12.6 Å². The highest BCUT2D eigenvalue weighted by Crippen LogP contribution is 1.99. The van der Waals surface area contributed by atoms with E-state index in [2.05, 4.69) is 15.3 Å². The van der Waals surface area contributed by atoms with Gasteiger partial charge in [-0.15, -0.1) is 0 Å². The highest BCUT2D eigenvalue weighted by Gasteiger charge is 2.07. The molecule has 1 N–H and O–H groups in total. The Balaban J connectivity index is 1.92. The van der Waals surface area contributed by atoms with Crippen LogP contribution in [0.2, 0.25) is 0 Å². The van der Waals surface area contributed by atoms with Crippen molar-refractivity contribution < 1.29 is 9.21 Å². The standard InChI is InChI=1S/C10H9N3O2/c14-10(9-2-1-5-15-9)12-6-8-3-4-11-7-13-8/h1-5,7H,6H2,(H,12,14). The average molecular weight is 203 g/mol. The molecule has 2 aromatic heterocycles. The summed E-state index contributed by atoms with van der Waals surface area (Å²) in [6, 6.07) is 5.01. The molecule has 1 amide bonds. The summed E-state index contributed by atoms with van der Waals surface area (Å²) in [6.07, 6.45) is 4.52. The Labute approximate surface area is 86.2 Å². The second-order valence-corrected chi connectivity index (χ2v) is 2.86. The number of nitrogens with zero attached hydrogens (tertiary/aromatic N) is 2. The number of carbonyl (C=O) groups is 1. The summed E-state index contributed by atoms with van der Waals surface area (Å²) in [5.74, 6) is 0.0441. The van der Waals surface area contributed by atoms with Crippen LogP contribution in [0.5, 0.6) is 0 Å². The van der Waals surface area contributed by atoms with Crippen LogP contribution in [0.3, 0.4) is 0 Å². The normalized spacial score (nSPS) is 9.87. The summed E-state index contributed by atoms with van der Waals surface area (Å²) in [5.41, 5.74) is 0.755. The summed E-state index contributed by atoms with van der Waals surface area (Å²) in [5, 5.41) is 2.68. The average Bonchev–Trinajstić information content (AvgIpc) is 2.81. The SMILES string of the molecule is O=C(NCc1ccncn1)c1ccco1. The van der Waals surface area contributed by atoms with Crippen molar-refractivity contribution >= 4 is 5.91 Å². The third-order valence-corrected chi connectivity index (χ3v) is 1.82. The molecule has 0 aliphatic carbocycles. The van der Waals surface area contributed by atoms with Gasteiger partial charge in [-0.3, -0.25) is 4.79 Å². The van der Waals surface area contributed by atoms with Crippen molar-refractivity contribution in [2.24, 2.45) is 0 Å². The lowest BCUT2D eigenvalue weighted by Crippen LogP contribution is -2.22. The van der Waals surface area contributed by atoms with Gasteiger partial charge in [0, 0.05) is 6.20 Å². The molecule has 0 saturated carbocycles. The Morgan fingerprint density at radius 1 is 1.47 bits per heavy atom. The number of amides is 1. The first-order valence-electron chi connectivity index (χ1n) is 4.43. The predicted molar refractivity (Wildman–Crippen MR) is 51.9 cm³/mol. The molecular formula is C10H9N3O2. The Kier molecular flexibility index (Phi) is 2.73. The molecule has 0 spiro atoms. The molecule has 0 fully saturated rings. The highest BCUT2D eigenvalue weighted by atomic mass is 16.3. The maximum absolute atomic E-state index is 11.4. The van der Waals surface area contributed by atoms with Gasteiger partial charge in [-0.05, 0) is 18.2 Å². The zero-order chi connectivity index (χ0) is 10.5. The molecular weight excluding hydrogens is 194 g/mol. The molecule has 0 radical (unpaired) electrons. The van der Waals surface area contributed by atoms with Crippen LogP contribution in [-0.4, -0.2) is 15.9 Å². The van der Waals surface area contributed by atoms with Gasteiger partial charge in [0.15, 0.2) is 5.76 Å². The van der Waals surface area contributed by atoms with Gasteiger partial charge >= 0.3 is 0 Å². The molecule has 2 heterocycles. The summed E-state index contributed by atoms with van der Waals surface area (Å²) < 4.78 is 4.94. The summed E-state index contributed by atoms with van der Waals surface area (Å²) >= 11 is 0. The van der Waals surface area contributed by atoms with Gasteiger partial charge in [0.2, 0.25) is 0 Å². The smallest absolute Gasteiger partial charge is 0.287 e. The van der Waals surface area contributed by atoms with E-state index in [0.717, 1.165) is 5.69 Å². The van der Waals surface area contributed by atoms with Crippen molar-refractivity contribution in [2.75, 3.05) is 0 Å². The Hall–Kier alpha value is -2.17. The molecule has 76 valence electrons. The molecule has 0 atom stereocenters. The molecule has 0 bridgehead atoms. The third-order valence-electron chi connectivity index (χ3n) is 1.82. The molecule has 2 aromatic rings. The van der Waals surface area contributed by atoms with Crippen molar-refractivity contribution in [3.8, 4) is 0 Å². The first-order chi connectivity index (χ1) is 7.36.